The molecule has 0 bridgehead atoms. The van der Waals surface area contributed by atoms with Gasteiger partial charge in [0.15, 0.2) is 0 Å². The summed E-state index contributed by atoms with van der Waals surface area (Å²) in [5, 5.41) is 3.85. The van der Waals surface area contributed by atoms with Gasteiger partial charge in [-0.15, -0.1) is 0 Å². The number of nitrogens with one attached hydrogen (secondary N) is 1. The molecule has 0 aromatic carbocycles. The van der Waals surface area contributed by atoms with Gasteiger partial charge in [-0.25, -0.2) is 4.98 Å². The van der Waals surface area contributed by atoms with Crippen LogP contribution in [0.1, 0.15) is 18.5 Å². The Balaban J connectivity index is 1.85. The van der Waals surface area contributed by atoms with Crippen molar-refractivity contribution in [1.29, 1.82) is 0 Å². The largest absolute Gasteiger partial charge is 0.468 e. The smallest absolute Gasteiger partial charge is 0.323 e. The van der Waals surface area contributed by atoms with Crippen LogP contribution >= 0.6 is 11.8 Å². The molecule has 2 rings (SSSR count). The molecule has 1 unspecified atom stereocenters. The van der Waals surface area contributed by atoms with Crippen LogP contribution in [0.3, 0.4) is 0 Å². The highest BCUT2D eigenvalue weighted by Crippen LogP contribution is 2.22. The number of rotatable bonds is 6. The third-order valence-corrected chi connectivity index (χ3v) is 3.41. The number of thioether (sulfide) groups is 1. The Morgan fingerprint density at radius 3 is 3.06 bits per heavy atom. The summed E-state index contributed by atoms with van der Waals surface area (Å²) in [5.74, 6) is 0.344. The van der Waals surface area contributed by atoms with Crippen molar-refractivity contribution in [3.8, 4) is 0 Å². The van der Waals surface area contributed by atoms with Crippen molar-refractivity contribution in [3.63, 3.8) is 0 Å². The number of methoxy groups -OCH3 is 1. The quantitative estimate of drug-likeness (QED) is 0.612. The predicted octanol–water partition coefficient (Wildman–Crippen LogP) is 1.37. The molecule has 5 nitrogen and oxygen atoms in total. The van der Waals surface area contributed by atoms with Gasteiger partial charge in [0.05, 0.1) is 12.8 Å². The van der Waals surface area contributed by atoms with Gasteiger partial charge in [-0.3, -0.25) is 4.79 Å². The molecule has 1 aliphatic rings. The number of hydrogen-bond acceptors (Lipinski definition) is 6. The van der Waals surface area contributed by atoms with Crippen LogP contribution in [0.5, 0.6) is 0 Å². The van der Waals surface area contributed by atoms with Crippen LogP contribution in [0.15, 0.2) is 15.9 Å². The number of esters is 1. The van der Waals surface area contributed by atoms with Crippen molar-refractivity contribution in [3.05, 3.63) is 12.0 Å². The Labute approximate surface area is 104 Å². The SMILES string of the molecule is COC(=O)C(CSc1nc(C)co1)NC1CC1. The Morgan fingerprint density at radius 2 is 2.53 bits per heavy atom. The predicted molar refractivity (Wildman–Crippen MR) is 63.9 cm³/mol. The fraction of sp³-hybridized carbons (Fsp3) is 0.636. The third kappa shape index (κ3) is 3.74. The summed E-state index contributed by atoms with van der Waals surface area (Å²) in [6.07, 6.45) is 3.87. The highest BCUT2D eigenvalue weighted by molar-refractivity contribution is 7.99. The molecular weight excluding hydrogens is 240 g/mol. The highest BCUT2D eigenvalue weighted by Gasteiger charge is 2.29. The van der Waals surface area contributed by atoms with E-state index in [-0.39, 0.29) is 12.0 Å². The molecule has 17 heavy (non-hydrogen) atoms. The summed E-state index contributed by atoms with van der Waals surface area (Å²) >= 11 is 1.42. The van der Waals surface area contributed by atoms with Crippen LogP contribution in [0.4, 0.5) is 0 Å². The van der Waals surface area contributed by atoms with Crippen LogP contribution < -0.4 is 5.32 Å². The van der Waals surface area contributed by atoms with Gasteiger partial charge in [0, 0.05) is 11.8 Å². The van der Waals surface area contributed by atoms with Crippen molar-refractivity contribution in [2.75, 3.05) is 12.9 Å². The number of oxazole rings is 1. The molecule has 1 aliphatic carbocycles. The molecule has 0 saturated heterocycles. The molecule has 0 radical (unpaired) electrons. The second-order valence-corrected chi connectivity index (χ2v) is 5.05. The topological polar surface area (TPSA) is 64.4 Å². The fourth-order valence-corrected chi connectivity index (χ4v) is 2.28. The van der Waals surface area contributed by atoms with E-state index >= 15 is 0 Å². The van der Waals surface area contributed by atoms with E-state index in [0.29, 0.717) is 17.0 Å². The van der Waals surface area contributed by atoms with Gasteiger partial charge < -0.3 is 14.5 Å². The molecule has 0 spiro atoms. The van der Waals surface area contributed by atoms with E-state index < -0.39 is 0 Å². The van der Waals surface area contributed by atoms with Crippen molar-refractivity contribution in [1.82, 2.24) is 10.3 Å². The number of carbonyl (C=O) groups excluding carboxylic acids is 1. The molecule has 94 valence electrons. The Bertz CT molecular complexity index is 390. The number of hydrogen-bond donors (Lipinski definition) is 1. The summed E-state index contributed by atoms with van der Waals surface area (Å²) in [5.41, 5.74) is 0.845. The minimum Gasteiger partial charge on any atom is -0.468 e. The zero-order valence-electron chi connectivity index (χ0n) is 9.93. The maximum absolute atomic E-state index is 11.6. The molecule has 0 amide bonds. The first-order chi connectivity index (χ1) is 8.19. The lowest BCUT2D eigenvalue weighted by molar-refractivity contribution is -0.142. The second-order valence-electron chi connectivity index (χ2n) is 4.08. The summed E-state index contributed by atoms with van der Waals surface area (Å²) < 4.78 is 9.99. The molecule has 1 heterocycles. The third-order valence-electron chi connectivity index (χ3n) is 2.47. The van der Waals surface area contributed by atoms with E-state index in [4.69, 9.17) is 9.15 Å². The molecule has 6 heteroatoms. The molecule has 1 saturated carbocycles. The first kappa shape index (κ1) is 12.4. The lowest BCUT2D eigenvalue weighted by atomic mass is 10.3. The summed E-state index contributed by atoms with van der Waals surface area (Å²) in [4.78, 5) is 15.7. The molecule has 1 aromatic heterocycles. The zero-order valence-corrected chi connectivity index (χ0v) is 10.8. The average molecular weight is 256 g/mol. The standard InChI is InChI=1S/C11H16N2O3S/c1-7-5-16-11(12-7)17-6-9(10(14)15-2)13-8-3-4-8/h5,8-9,13H,3-4,6H2,1-2H3. The molecule has 1 fully saturated rings. The summed E-state index contributed by atoms with van der Waals surface area (Å²) in [7, 11) is 1.41. The average Bonchev–Trinajstić information content (AvgIpc) is 3.05. The van der Waals surface area contributed by atoms with Crippen LogP contribution in [0.25, 0.3) is 0 Å². The van der Waals surface area contributed by atoms with Crippen molar-refractivity contribution < 1.29 is 13.9 Å². The minimum atomic E-state index is -0.287. The Hall–Kier alpha value is -1.01. The number of nitrogens with zero attached hydrogens (tertiary/aromatic N) is 1. The lowest BCUT2D eigenvalue weighted by Crippen LogP contribution is -2.40. The Kier molecular flexibility index (Phi) is 4.06. The van der Waals surface area contributed by atoms with Crippen molar-refractivity contribution in [2.45, 2.75) is 37.1 Å². The van der Waals surface area contributed by atoms with Gasteiger partial charge in [-0.1, -0.05) is 11.8 Å². The summed E-state index contributed by atoms with van der Waals surface area (Å²) in [6, 6.07) is 0.177. The number of aryl methyl sites for hydroxylation is 1. The van der Waals surface area contributed by atoms with E-state index in [0.717, 1.165) is 18.5 Å². The fourth-order valence-electron chi connectivity index (χ4n) is 1.41. The van der Waals surface area contributed by atoms with Gasteiger partial charge in [0.25, 0.3) is 5.22 Å². The number of aromatic nitrogens is 1. The molecule has 0 aliphatic heterocycles. The second kappa shape index (κ2) is 5.55. The minimum absolute atomic E-state index is 0.229. The maximum atomic E-state index is 11.6. The highest BCUT2D eigenvalue weighted by atomic mass is 32.2. The van der Waals surface area contributed by atoms with Crippen LogP contribution in [0.2, 0.25) is 0 Å². The van der Waals surface area contributed by atoms with E-state index in [1.54, 1.807) is 6.26 Å². The van der Waals surface area contributed by atoms with Crippen molar-refractivity contribution >= 4 is 17.7 Å². The molecule has 1 N–H and O–H groups in total. The normalized spacial score (nSPS) is 16.8. The van der Waals surface area contributed by atoms with E-state index in [2.05, 4.69) is 10.3 Å². The maximum Gasteiger partial charge on any atom is 0.323 e. The van der Waals surface area contributed by atoms with Crippen LogP contribution in [0, 0.1) is 6.92 Å². The molecule has 1 atom stereocenters. The zero-order chi connectivity index (χ0) is 12.3. The van der Waals surface area contributed by atoms with Gasteiger partial charge in [-0.05, 0) is 19.8 Å². The van der Waals surface area contributed by atoms with Crippen LogP contribution in [-0.2, 0) is 9.53 Å². The van der Waals surface area contributed by atoms with Crippen LogP contribution in [-0.4, -0.2) is 35.9 Å². The van der Waals surface area contributed by atoms with E-state index in [1.165, 1.54) is 18.9 Å². The van der Waals surface area contributed by atoms with Gasteiger partial charge in [-0.2, -0.15) is 0 Å². The van der Waals surface area contributed by atoms with Gasteiger partial charge in [0.2, 0.25) is 0 Å². The van der Waals surface area contributed by atoms with Crippen molar-refractivity contribution in [2.24, 2.45) is 0 Å². The first-order valence-electron chi connectivity index (χ1n) is 5.58. The number of carbonyl (C=O) groups is 1. The number of ether oxygens (including phenoxy) is 1. The first-order valence-corrected chi connectivity index (χ1v) is 6.56. The van der Waals surface area contributed by atoms with E-state index in [9.17, 15) is 4.79 Å². The molecular formula is C11H16N2O3S. The monoisotopic (exact) mass is 256 g/mol. The van der Waals surface area contributed by atoms with Gasteiger partial charge >= 0.3 is 5.97 Å². The Morgan fingerprint density at radius 1 is 1.76 bits per heavy atom. The molecule has 1 aromatic rings. The summed E-state index contributed by atoms with van der Waals surface area (Å²) in [6.45, 7) is 1.87. The lowest BCUT2D eigenvalue weighted by Gasteiger charge is -2.14. The van der Waals surface area contributed by atoms with E-state index in [1.807, 2.05) is 6.92 Å². The van der Waals surface area contributed by atoms with Gasteiger partial charge in [0.1, 0.15) is 12.3 Å².